The zero-order valence-corrected chi connectivity index (χ0v) is 25.2. The van der Waals surface area contributed by atoms with Gasteiger partial charge in [0, 0.05) is 0 Å². The third-order valence-electron chi connectivity index (χ3n) is 7.48. The molecule has 0 heterocycles. The molecule has 0 aliphatic rings. The number of hydrogen-bond acceptors (Lipinski definition) is 2. The van der Waals surface area contributed by atoms with Crippen molar-refractivity contribution in [2.24, 2.45) is 11.8 Å². The van der Waals surface area contributed by atoms with Crippen molar-refractivity contribution in [3.05, 3.63) is 28.8 Å². The molecule has 0 spiro atoms. The Morgan fingerprint density at radius 1 is 0.611 bits per heavy atom. The first-order chi connectivity index (χ1) is 17.2. The van der Waals surface area contributed by atoms with Gasteiger partial charge in [-0.1, -0.05) is 124 Å². The second kappa shape index (κ2) is 19.2. The average molecular weight is 523 g/mol. The molecule has 0 atom stereocenters. The van der Waals surface area contributed by atoms with Gasteiger partial charge < -0.3 is 0 Å². The van der Waals surface area contributed by atoms with Gasteiger partial charge in [-0.05, 0) is 73.1 Å². The van der Waals surface area contributed by atoms with Crippen molar-refractivity contribution in [3.63, 3.8) is 0 Å². The standard InChI is InChI=1S/C32H58O3S/c1-6-7-8-9-10-11-12-18-24-31-30(23-19-14-16-21-28(4)5)29(22-17-13-15-20-27(2)3)25-26-32(31)36(33,34)35/h25-28H,6-24H2,1-5H3,(H,33,34,35). The SMILES string of the molecule is CCCCCCCCCCc1c(S(=O)(=O)O)ccc(CCCCCC(C)C)c1CCCCCC(C)C. The summed E-state index contributed by atoms with van der Waals surface area (Å²) in [6.07, 6.45) is 22.2. The molecule has 210 valence electrons. The van der Waals surface area contributed by atoms with Gasteiger partial charge in [0.15, 0.2) is 0 Å². The molecule has 0 aliphatic carbocycles. The van der Waals surface area contributed by atoms with Crippen LogP contribution in [-0.4, -0.2) is 13.0 Å². The molecule has 3 nitrogen and oxygen atoms in total. The lowest BCUT2D eigenvalue weighted by atomic mass is 9.89. The van der Waals surface area contributed by atoms with Crippen molar-refractivity contribution in [1.82, 2.24) is 0 Å². The van der Waals surface area contributed by atoms with E-state index in [1.165, 1.54) is 88.2 Å². The van der Waals surface area contributed by atoms with Crippen molar-refractivity contribution >= 4 is 10.1 Å². The number of aryl methyl sites for hydroxylation is 1. The van der Waals surface area contributed by atoms with E-state index in [1.807, 2.05) is 6.07 Å². The molecule has 36 heavy (non-hydrogen) atoms. The minimum atomic E-state index is -4.22. The molecule has 1 aromatic carbocycles. The largest absolute Gasteiger partial charge is 0.294 e. The lowest BCUT2D eigenvalue weighted by Crippen LogP contribution is -2.10. The molecule has 1 N–H and O–H groups in total. The van der Waals surface area contributed by atoms with E-state index in [-0.39, 0.29) is 4.90 Å². The topological polar surface area (TPSA) is 54.4 Å². The third kappa shape index (κ3) is 14.8. The van der Waals surface area contributed by atoms with E-state index in [4.69, 9.17) is 0 Å². The van der Waals surface area contributed by atoms with E-state index >= 15 is 0 Å². The molecule has 1 aromatic rings. The van der Waals surface area contributed by atoms with E-state index in [9.17, 15) is 13.0 Å². The van der Waals surface area contributed by atoms with Gasteiger partial charge >= 0.3 is 0 Å². The first-order valence-electron chi connectivity index (χ1n) is 15.3. The van der Waals surface area contributed by atoms with Crippen LogP contribution < -0.4 is 0 Å². The summed E-state index contributed by atoms with van der Waals surface area (Å²) >= 11 is 0. The predicted octanol–water partition coefficient (Wildman–Crippen LogP) is 10.1. The molecule has 0 amide bonds. The van der Waals surface area contributed by atoms with Crippen molar-refractivity contribution in [1.29, 1.82) is 0 Å². The van der Waals surface area contributed by atoms with Crippen LogP contribution in [0.15, 0.2) is 17.0 Å². The van der Waals surface area contributed by atoms with Gasteiger partial charge in [0.1, 0.15) is 0 Å². The molecule has 1 rings (SSSR count). The maximum absolute atomic E-state index is 12.3. The number of benzene rings is 1. The molecule has 0 saturated carbocycles. The summed E-state index contributed by atoms with van der Waals surface area (Å²) in [6.45, 7) is 11.4. The smallest absolute Gasteiger partial charge is 0.282 e. The number of hydrogen-bond donors (Lipinski definition) is 1. The van der Waals surface area contributed by atoms with Crippen molar-refractivity contribution in [2.45, 2.75) is 162 Å². The molecule has 0 aromatic heterocycles. The number of unbranched alkanes of at least 4 members (excludes halogenated alkanes) is 11. The summed E-state index contributed by atoms with van der Waals surface area (Å²) in [7, 11) is -4.22. The molecular weight excluding hydrogens is 464 g/mol. The zero-order valence-electron chi connectivity index (χ0n) is 24.4. The van der Waals surface area contributed by atoms with Crippen LogP contribution >= 0.6 is 0 Å². The summed E-state index contributed by atoms with van der Waals surface area (Å²) in [5.74, 6) is 1.48. The number of rotatable bonds is 22. The molecule has 0 bridgehead atoms. The highest BCUT2D eigenvalue weighted by Crippen LogP contribution is 2.29. The van der Waals surface area contributed by atoms with Gasteiger partial charge in [-0.2, -0.15) is 8.42 Å². The minimum absolute atomic E-state index is 0.159. The van der Waals surface area contributed by atoms with Crippen LogP contribution in [0, 0.1) is 11.8 Å². The minimum Gasteiger partial charge on any atom is -0.282 e. The fourth-order valence-corrected chi connectivity index (χ4v) is 6.07. The molecule has 0 aliphatic heterocycles. The Labute approximate surface area is 225 Å². The Kier molecular flexibility index (Phi) is 17.7. The molecule has 0 unspecified atom stereocenters. The maximum Gasteiger partial charge on any atom is 0.294 e. The van der Waals surface area contributed by atoms with E-state index in [2.05, 4.69) is 34.6 Å². The first kappa shape index (κ1) is 33.2. The molecule has 0 saturated heterocycles. The molecular formula is C32H58O3S. The van der Waals surface area contributed by atoms with E-state index in [0.29, 0.717) is 0 Å². The first-order valence-corrected chi connectivity index (χ1v) is 16.7. The van der Waals surface area contributed by atoms with Crippen molar-refractivity contribution in [3.8, 4) is 0 Å². The van der Waals surface area contributed by atoms with E-state index in [1.54, 1.807) is 6.07 Å². The van der Waals surface area contributed by atoms with Gasteiger partial charge in [-0.25, -0.2) is 0 Å². The van der Waals surface area contributed by atoms with Gasteiger partial charge in [-0.15, -0.1) is 0 Å². The Morgan fingerprint density at radius 3 is 1.56 bits per heavy atom. The summed E-state index contributed by atoms with van der Waals surface area (Å²) in [5, 5.41) is 0. The predicted molar refractivity (Wildman–Crippen MR) is 157 cm³/mol. The summed E-state index contributed by atoms with van der Waals surface area (Å²) in [4.78, 5) is 0.159. The van der Waals surface area contributed by atoms with Crippen LogP contribution in [0.3, 0.4) is 0 Å². The van der Waals surface area contributed by atoms with Gasteiger partial charge in [0.25, 0.3) is 10.1 Å². The summed E-state index contributed by atoms with van der Waals surface area (Å²) in [6, 6.07) is 3.67. The molecule has 0 fully saturated rings. The van der Waals surface area contributed by atoms with Crippen molar-refractivity contribution in [2.75, 3.05) is 0 Å². The highest BCUT2D eigenvalue weighted by Gasteiger charge is 2.20. The van der Waals surface area contributed by atoms with Gasteiger partial charge in [-0.3, -0.25) is 4.55 Å². The summed E-state index contributed by atoms with van der Waals surface area (Å²) < 4.78 is 34.7. The van der Waals surface area contributed by atoms with E-state index in [0.717, 1.165) is 62.3 Å². The highest BCUT2D eigenvalue weighted by atomic mass is 32.2. The Bertz CT molecular complexity index is 796. The fourth-order valence-electron chi connectivity index (χ4n) is 5.29. The van der Waals surface area contributed by atoms with Crippen molar-refractivity contribution < 1.29 is 13.0 Å². The second-order valence-corrected chi connectivity index (χ2v) is 13.3. The van der Waals surface area contributed by atoms with Crippen LogP contribution in [0.5, 0.6) is 0 Å². The van der Waals surface area contributed by atoms with Crippen LogP contribution in [0.25, 0.3) is 0 Å². The van der Waals surface area contributed by atoms with Crippen LogP contribution in [-0.2, 0) is 29.4 Å². The highest BCUT2D eigenvalue weighted by molar-refractivity contribution is 7.85. The quantitative estimate of drug-likeness (QED) is 0.122. The normalized spacial score (nSPS) is 12.2. The fraction of sp³-hybridized carbons (Fsp3) is 0.812. The summed E-state index contributed by atoms with van der Waals surface area (Å²) in [5.41, 5.74) is 3.44. The lowest BCUT2D eigenvalue weighted by Gasteiger charge is -2.19. The van der Waals surface area contributed by atoms with Gasteiger partial charge in [0.2, 0.25) is 0 Å². The van der Waals surface area contributed by atoms with Crippen LogP contribution in [0.1, 0.15) is 154 Å². The average Bonchev–Trinajstić information content (AvgIpc) is 2.80. The van der Waals surface area contributed by atoms with Crippen LogP contribution in [0.2, 0.25) is 0 Å². The maximum atomic E-state index is 12.3. The van der Waals surface area contributed by atoms with Gasteiger partial charge in [0.05, 0.1) is 4.90 Å². The Morgan fingerprint density at radius 2 is 1.06 bits per heavy atom. The van der Waals surface area contributed by atoms with Crippen LogP contribution in [0.4, 0.5) is 0 Å². The molecule has 0 radical (unpaired) electrons. The second-order valence-electron chi connectivity index (χ2n) is 11.9. The Hall–Kier alpha value is -0.870. The monoisotopic (exact) mass is 522 g/mol. The zero-order chi connectivity index (χ0) is 26.8. The van der Waals surface area contributed by atoms with E-state index < -0.39 is 10.1 Å². The Balaban J connectivity index is 2.95. The third-order valence-corrected chi connectivity index (χ3v) is 8.42. The lowest BCUT2D eigenvalue weighted by molar-refractivity contribution is 0.481. The molecule has 4 heteroatoms.